The highest BCUT2D eigenvalue weighted by atomic mass is 79.9. The van der Waals surface area contributed by atoms with Gasteiger partial charge in [-0.1, -0.05) is 0 Å². The maximum Gasteiger partial charge on any atom is 0.249 e. The van der Waals surface area contributed by atoms with E-state index < -0.39 is 0 Å². The summed E-state index contributed by atoms with van der Waals surface area (Å²) < 4.78 is 6.56. The van der Waals surface area contributed by atoms with Crippen LogP contribution >= 0.6 is 27.3 Å². The minimum atomic E-state index is -0.251. The van der Waals surface area contributed by atoms with E-state index in [4.69, 9.17) is 4.74 Å². The van der Waals surface area contributed by atoms with Gasteiger partial charge in [-0.05, 0) is 41.8 Å². The average molecular weight is 304 g/mol. The Morgan fingerprint density at radius 2 is 2.50 bits per heavy atom. The van der Waals surface area contributed by atoms with Crippen LogP contribution in [0, 0.1) is 0 Å². The molecule has 2 heterocycles. The van der Waals surface area contributed by atoms with Gasteiger partial charge in [0.15, 0.2) is 0 Å². The molecular formula is C11H14BrNO2S. The number of hydrogen-bond acceptors (Lipinski definition) is 3. The quantitative estimate of drug-likeness (QED) is 0.932. The van der Waals surface area contributed by atoms with Crippen molar-refractivity contribution in [2.45, 2.75) is 38.5 Å². The molecule has 0 saturated carbocycles. The third-order valence-corrected chi connectivity index (χ3v) is 4.28. The van der Waals surface area contributed by atoms with E-state index in [1.165, 1.54) is 0 Å². The third kappa shape index (κ3) is 3.06. The standard InChI is InChI=1S/C11H14BrNO2S/c1-7-2-3-10(15-7)11(14)13-5-9-4-8(12)6-16-9/h4,6-7,10H,2-3,5H2,1H3,(H,13,14). The molecule has 88 valence electrons. The Morgan fingerprint density at radius 3 is 3.06 bits per heavy atom. The van der Waals surface area contributed by atoms with Crippen LogP contribution in [-0.4, -0.2) is 18.1 Å². The molecule has 0 spiro atoms. The van der Waals surface area contributed by atoms with Crippen molar-refractivity contribution in [2.75, 3.05) is 0 Å². The van der Waals surface area contributed by atoms with Crippen LogP contribution in [0.15, 0.2) is 15.9 Å². The van der Waals surface area contributed by atoms with Crippen molar-refractivity contribution < 1.29 is 9.53 Å². The number of hydrogen-bond donors (Lipinski definition) is 1. The Balaban J connectivity index is 1.80. The lowest BCUT2D eigenvalue weighted by atomic mass is 10.2. The zero-order chi connectivity index (χ0) is 11.5. The molecule has 0 radical (unpaired) electrons. The van der Waals surface area contributed by atoms with E-state index in [0.717, 1.165) is 22.2 Å². The summed E-state index contributed by atoms with van der Waals surface area (Å²) in [7, 11) is 0. The van der Waals surface area contributed by atoms with Crippen LogP contribution in [0.1, 0.15) is 24.6 Å². The molecule has 1 aliphatic heterocycles. The molecular weight excluding hydrogens is 290 g/mol. The number of thiophene rings is 1. The second kappa shape index (κ2) is 5.29. The molecule has 16 heavy (non-hydrogen) atoms. The average Bonchev–Trinajstić information content (AvgIpc) is 2.84. The van der Waals surface area contributed by atoms with E-state index >= 15 is 0 Å². The molecule has 1 N–H and O–H groups in total. The lowest BCUT2D eigenvalue weighted by Gasteiger charge is -2.10. The van der Waals surface area contributed by atoms with Crippen LogP contribution in [0.25, 0.3) is 0 Å². The summed E-state index contributed by atoms with van der Waals surface area (Å²) in [6.07, 6.45) is 1.77. The van der Waals surface area contributed by atoms with Crippen LogP contribution in [-0.2, 0) is 16.1 Å². The number of amides is 1. The zero-order valence-electron chi connectivity index (χ0n) is 9.03. The number of halogens is 1. The number of ether oxygens (including phenoxy) is 1. The smallest absolute Gasteiger partial charge is 0.249 e. The van der Waals surface area contributed by atoms with Gasteiger partial charge in [0.05, 0.1) is 12.6 Å². The van der Waals surface area contributed by atoms with Gasteiger partial charge >= 0.3 is 0 Å². The van der Waals surface area contributed by atoms with E-state index in [-0.39, 0.29) is 18.1 Å². The maximum atomic E-state index is 11.7. The molecule has 0 aliphatic carbocycles. The van der Waals surface area contributed by atoms with Crippen LogP contribution in [0.2, 0.25) is 0 Å². The molecule has 2 unspecified atom stereocenters. The van der Waals surface area contributed by atoms with E-state index in [0.29, 0.717) is 6.54 Å². The number of carbonyl (C=O) groups excluding carboxylic acids is 1. The molecule has 0 aromatic carbocycles. The Hall–Kier alpha value is -0.390. The van der Waals surface area contributed by atoms with Gasteiger partial charge in [0.2, 0.25) is 5.91 Å². The first kappa shape index (κ1) is 12.1. The van der Waals surface area contributed by atoms with Crippen molar-refractivity contribution in [2.24, 2.45) is 0 Å². The molecule has 5 heteroatoms. The first-order valence-corrected chi connectivity index (χ1v) is 6.98. The lowest BCUT2D eigenvalue weighted by Crippen LogP contribution is -2.33. The van der Waals surface area contributed by atoms with Crippen LogP contribution in [0.4, 0.5) is 0 Å². The Kier molecular flexibility index (Phi) is 4.00. The first-order chi connectivity index (χ1) is 7.65. The zero-order valence-corrected chi connectivity index (χ0v) is 11.4. The molecule has 1 aromatic rings. The summed E-state index contributed by atoms with van der Waals surface area (Å²) in [4.78, 5) is 12.9. The Bertz CT molecular complexity index is 380. The second-order valence-electron chi connectivity index (χ2n) is 3.96. The molecule has 1 saturated heterocycles. The van der Waals surface area contributed by atoms with Gasteiger partial charge in [-0.15, -0.1) is 11.3 Å². The van der Waals surface area contributed by atoms with Crippen molar-refractivity contribution in [3.05, 3.63) is 20.8 Å². The highest BCUT2D eigenvalue weighted by Gasteiger charge is 2.27. The molecule has 2 rings (SSSR count). The van der Waals surface area contributed by atoms with Gasteiger partial charge in [-0.25, -0.2) is 0 Å². The van der Waals surface area contributed by atoms with Crippen molar-refractivity contribution in [1.82, 2.24) is 5.32 Å². The number of rotatable bonds is 3. The molecule has 1 amide bonds. The van der Waals surface area contributed by atoms with Crippen LogP contribution in [0.5, 0.6) is 0 Å². The Morgan fingerprint density at radius 1 is 1.69 bits per heavy atom. The summed E-state index contributed by atoms with van der Waals surface area (Å²) >= 11 is 5.02. The highest BCUT2D eigenvalue weighted by Crippen LogP contribution is 2.21. The van der Waals surface area contributed by atoms with Crippen LogP contribution in [0.3, 0.4) is 0 Å². The summed E-state index contributed by atoms with van der Waals surface area (Å²) in [5.41, 5.74) is 0. The summed E-state index contributed by atoms with van der Waals surface area (Å²) in [6.45, 7) is 2.59. The summed E-state index contributed by atoms with van der Waals surface area (Å²) in [5.74, 6) is 0.00822. The van der Waals surface area contributed by atoms with E-state index in [1.807, 2.05) is 18.4 Å². The fourth-order valence-electron chi connectivity index (χ4n) is 1.73. The highest BCUT2D eigenvalue weighted by molar-refractivity contribution is 9.10. The van der Waals surface area contributed by atoms with E-state index in [2.05, 4.69) is 21.2 Å². The van der Waals surface area contributed by atoms with Crippen molar-refractivity contribution in [1.29, 1.82) is 0 Å². The van der Waals surface area contributed by atoms with E-state index in [9.17, 15) is 4.79 Å². The predicted octanol–water partition coefficient (Wildman–Crippen LogP) is 2.69. The SMILES string of the molecule is CC1CCC(C(=O)NCc2cc(Br)cs2)O1. The number of carbonyl (C=O) groups is 1. The fourth-order valence-corrected chi connectivity index (χ4v) is 3.12. The molecule has 2 atom stereocenters. The first-order valence-electron chi connectivity index (χ1n) is 5.31. The molecule has 1 aromatic heterocycles. The van der Waals surface area contributed by atoms with Gasteiger partial charge in [0, 0.05) is 14.7 Å². The van der Waals surface area contributed by atoms with Crippen molar-refractivity contribution in [3.8, 4) is 0 Å². The van der Waals surface area contributed by atoms with Gasteiger partial charge in [-0.3, -0.25) is 4.79 Å². The topological polar surface area (TPSA) is 38.3 Å². The summed E-state index contributed by atoms with van der Waals surface area (Å²) in [5, 5.41) is 4.91. The minimum Gasteiger partial charge on any atom is -0.365 e. The lowest BCUT2D eigenvalue weighted by molar-refractivity contribution is -0.131. The van der Waals surface area contributed by atoms with E-state index in [1.54, 1.807) is 11.3 Å². The summed E-state index contributed by atoms with van der Waals surface area (Å²) in [6, 6.07) is 2.02. The fraction of sp³-hybridized carbons (Fsp3) is 0.545. The van der Waals surface area contributed by atoms with Gasteiger partial charge in [-0.2, -0.15) is 0 Å². The van der Waals surface area contributed by atoms with Crippen molar-refractivity contribution >= 4 is 33.2 Å². The second-order valence-corrected chi connectivity index (χ2v) is 5.87. The maximum absolute atomic E-state index is 11.7. The monoisotopic (exact) mass is 303 g/mol. The van der Waals surface area contributed by atoms with Gasteiger partial charge in [0.1, 0.15) is 6.10 Å². The van der Waals surface area contributed by atoms with Gasteiger partial charge in [0.25, 0.3) is 0 Å². The minimum absolute atomic E-state index is 0.00822. The Labute approximate surface area is 107 Å². The van der Waals surface area contributed by atoms with Crippen molar-refractivity contribution in [3.63, 3.8) is 0 Å². The predicted molar refractivity (Wildman–Crippen MR) is 67.4 cm³/mol. The number of nitrogens with one attached hydrogen (secondary N) is 1. The van der Waals surface area contributed by atoms with Gasteiger partial charge < -0.3 is 10.1 Å². The third-order valence-electron chi connectivity index (χ3n) is 2.58. The molecule has 0 bridgehead atoms. The molecule has 1 fully saturated rings. The molecule has 1 aliphatic rings. The normalized spacial score (nSPS) is 24.6. The van der Waals surface area contributed by atoms with Crippen LogP contribution < -0.4 is 5.32 Å². The molecule has 3 nitrogen and oxygen atoms in total. The largest absolute Gasteiger partial charge is 0.365 e.